The Bertz CT molecular complexity index is 1950. The lowest BCUT2D eigenvalue weighted by Crippen LogP contribution is -2.49. The maximum absolute atomic E-state index is 14.2. The van der Waals surface area contributed by atoms with Crippen molar-refractivity contribution in [3.05, 3.63) is 54.1 Å². The zero-order valence-corrected chi connectivity index (χ0v) is 46.4. The lowest BCUT2D eigenvalue weighted by Gasteiger charge is -2.42. The molecule has 0 aromatic heterocycles. The number of aliphatic hydroxyl groups excluding tert-OH is 1. The molecule has 17 heteroatoms. The van der Waals surface area contributed by atoms with E-state index in [2.05, 4.69) is 80.9 Å². The second kappa shape index (κ2) is 23.3. The Morgan fingerprint density at radius 3 is 2.05 bits per heavy atom. The van der Waals surface area contributed by atoms with Gasteiger partial charge >= 0.3 is 0 Å². The highest BCUT2D eigenvalue weighted by molar-refractivity contribution is 7.91. The molecule has 3 saturated heterocycles. The Kier molecular flexibility index (Phi) is 20.2. The van der Waals surface area contributed by atoms with Gasteiger partial charge in [-0.2, -0.15) is 8.42 Å². The number of aryl methyl sites for hydroxylation is 1. The van der Waals surface area contributed by atoms with E-state index in [-0.39, 0.29) is 64.1 Å². The average molecular weight is 1000 g/mol. The van der Waals surface area contributed by atoms with Crippen LogP contribution in [0, 0.1) is 18.8 Å². The van der Waals surface area contributed by atoms with Crippen LogP contribution < -0.4 is 0 Å². The van der Waals surface area contributed by atoms with Crippen LogP contribution in [-0.4, -0.2) is 133 Å². The molecule has 380 valence electrons. The normalized spacial score (nSPS) is 25.9. The molecule has 0 saturated carbocycles. The third-order valence-electron chi connectivity index (χ3n) is 14.8. The van der Waals surface area contributed by atoms with Crippen molar-refractivity contribution in [1.82, 2.24) is 0 Å². The topological polar surface area (TPSA) is 162 Å². The summed E-state index contributed by atoms with van der Waals surface area (Å²) >= 11 is 0. The minimum Gasteiger partial charge on any atom is -0.414 e. The summed E-state index contributed by atoms with van der Waals surface area (Å²) in [5, 5.41) is 11.9. The Labute approximate surface area is 401 Å². The van der Waals surface area contributed by atoms with Crippen LogP contribution in [0.15, 0.2) is 53.5 Å². The Hall–Kier alpha value is -1.33. The predicted octanol–water partition coefficient (Wildman–Crippen LogP) is 9.29. The summed E-state index contributed by atoms with van der Waals surface area (Å²) in [5.41, 5.74) is 2.38. The van der Waals surface area contributed by atoms with Gasteiger partial charge in [0.15, 0.2) is 32.8 Å². The number of ether oxygens (including phenoxy) is 5. The van der Waals surface area contributed by atoms with Crippen LogP contribution in [0.5, 0.6) is 0 Å². The Balaban J connectivity index is 1.54. The molecule has 10 atom stereocenters. The van der Waals surface area contributed by atoms with E-state index < -0.39 is 73.0 Å². The second-order valence-electron chi connectivity index (χ2n) is 22.3. The number of sulfone groups is 1. The van der Waals surface area contributed by atoms with Gasteiger partial charge in [0.2, 0.25) is 0 Å². The fourth-order valence-electron chi connectivity index (χ4n) is 8.63. The molecular formula is C49H86O13S2Si2. The number of benzene rings is 1. The first-order chi connectivity index (χ1) is 30.3. The first-order valence-electron chi connectivity index (χ1n) is 23.9. The van der Waals surface area contributed by atoms with Crippen LogP contribution in [0.2, 0.25) is 36.3 Å². The van der Waals surface area contributed by atoms with Crippen molar-refractivity contribution in [3.63, 3.8) is 0 Å². The van der Waals surface area contributed by atoms with E-state index in [0.717, 1.165) is 30.2 Å². The van der Waals surface area contributed by atoms with Gasteiger partial charge in [0, 0.05) is 32.3 Å². The fourth-order valence-corrected chi connectivity index (χ4v) is 13.3. The van der Waals surface area contributed by atoms with Crippen LogP contribution in [0.25, 0.3) is 0 Å². The smallest absolute Gasteiger partial charge is 0.264 e. The third-order valence-corrected chi connectivity index (χ3v) is 26.3. The lowest BCUT2D eigenvalue weighted by molar-refractivity contribution is -0.0588. The summed E-state index contributed by atoms with van der Waals surface area (Å²) < 4.78 is 103. The zero-order valence-electron chi connectivity index (χ0n) is 42.7. The Morgan fingerprint density at radius 1 is 0.879 bits per heavy atom. The summed E-state index contributed by atoms with van der Waals surface area (Å²) in [6.07, 6.45) is 0.255. The molecule has 1 aromatic rings. The van der Waals surface area contributed by atoms with Gasteiger partial charge in [0.25, 0.3) is 10.1 Å². The van der Waals surface area contributed by atoms with E-state index in [4.69, 9.17) is 36.7 Å². The van der Waals surface area contributed by atoms with Crippen molar-refractivity contribution in [1.29, 1.82) is 0 Å². The minimum atomic E-state index is -3.83. The van der Waals surface area contributed by atoms with Crippen molar-refractivity contribution < 1.29 is 58.7 Å². The monoisotopic (exact) mass is 1000 g/mol. The molecule has 0 amide bonds. The first-order valence-corrected chi connectivity index (χ1v) is 33.2. The molecule has 3 aliphatic rings. The van der Waals surface area contributed by atoms with E-state index in [9.17, 15) is 21.9 Å². The number of hydrogen-bond donors (Lipinski definition) is 1. The minimum absolute atomic E-state index is 0.0181. The van der Waals surface area contributed by atoms with Gasteiger partial charge in [0.05, 0.1) is 85.6 Å². The summed E-state index contributed by atoms with van der Waals surface area (Å²) in [6.45, 7) is 36.0. The maximum Gasteiger partial charge on any atom is 0.264 e. The highest BCUT2D eigenvalue weighted by Crippen LogP contribution is 2.43. The van der Waals surface area contributed by atoms with Crippen molar-refractivity contribution >= 4 is 36.6 Å². The molecule has 3 aliphatic heterocycles. The molecule has 0 radical (unpaired) electrons. The van der Waals surface area contributed by atoms with Gasteiger partial charge < -0.3 is 37.6 Å². The largest absolute Gasteiger partial charge is 0.414 e. The summed E-state index contributed by atoms with van der Waals surface area (Å²) in [7, 11) is -10.6. The number of hydrogen-bond acceptors (Lipinski definition) is 13. The molecule has 66 heavy (non-hydrogen) atoms. The molecule has 1 unspecified atom stereocenters. The molecule has 4 rings (SSSR count). The van der Waals surface area contributed by atoms with E-state index in [1.807, 2.05) is 13.8 Å². The predicted molar refractivity (Wildman–Crippen MR) is 266 cm³/mol. The van der Waals surface area contributed by atoms with E-state index in [1.165, 1.54) is 0 Å². The van der Waals surface area contributed by atoms with Gasteiger partial charge in [-0.05, 0) is 104 Å². The van der Waals surface area contributed by atoms with Crippen LogP contribution in [0.1, 0.15) is 105 Å². The molecule has 0 bridgehead atoms. The standard InChI is InChI=1S/C49H86O13S2Si2/c1-33-17-21-40(22-18-33)64(53,54)32-41-44(60-45(47(41)55-11)29-39(62-66(15,16)49(8,9)10)31-58-65(13,14)48(5,6)7)30-42(50)36(4)34(2)27-38(61-63(12,51)52)19-23-43-35(3)28-37(59-43)20-24-46-56-25-26-57-46/h17-18,21-22,34,37-39,41-47,50H,3-4,19-20,23-32H2,1-2,5-16H3/t34-,37+,38-,39+,41+,42-,43?,44+,45-,47-/m1/s1. The van der Waals surface area contributed by atoms with Gasteiger partial charge in [-0.1, -0.05) is 79.3 Å². The number of rotatable bonds is 25. The van der Waals surface area contributed by atoms with E-state index in [0.29, 0.717) is 51.1 Å². The van der Waals surface area contributed by atoms with Gasteiger partial charge in [0.1, 0.15) is 0 Å². The van der Waals surface area contributed by atoms with Gasteiger partial charge in [-0.3, -0.25) is 4.18 Å². The van der Waals surface area contributed by atoms with Gasteiger partial charge in [-0.25, -0.2) is 8.42 Å². The van der Waals surface area contributed by atoms with E-state index in [1.54, 1.807) is 31.4 Å². The molecule has 13 nitrogen and oxygen atoms in total. The highest BCUT2D eigenvalue weighted by Gasteiger charge is 2.50. The van der Waals surface area contributed by atoms with Crippen molar-refractivity contribution in [2.45, 2.75) is 203 Å². The first kappa shape index (κ1) is 57.3. The van der Waals surface area contributed by atoms with Gasteiger partial charge in [-0.15, -0.1) is 0 Å². The van der Waals surface area contributed by atoms with Crippen LogP contribution >= 0.6 is 0 Å². The SMILES string of the molecule is C=C1C[C@H](CCC2OCCO2)OC1CC[C@H](C[C@@H](C)C(=C)[C@H](O)C[C@@H]1O[C@H](C[C@@H](CO[Si](C)(C)C(C)(C)C)O[Si](C)(C)C(C)(C)C)[C@H](OC)[C@H]1CS(=O)(=O)c1ccc(C)cc1)OS(C)(=O)=O. The quantitative estimate of drug-likeness (QED) is 0.0561. The third kappa shape index (κ3) is 16.4. The summed E-state index contributed by atoms with van der Waals surface area (Å²) in [6, 6.07) is 6.81. The lowest BCUT2D eigenvalue weighted by atomic mass is 9.86. The van der Waals surface area contributed by atoms with Crippen LogP contribution in [0.3, 0.4) is 0 Å². The maximum atomic E-state index is 14.2. The fraction of sp³-hybridized carbons (Fsp3) is 0.796. The van der Waals surface area contributed by atoms with E-state index >= 15 is 0 Å². The second-order valence-corrected chi connectivity index (χ2v) is 35.5. The van der Waals surface area contributed by atoms with Crippen molar-refractivity contribution in [3.8, 4) is 0 Å². The summed E-state index contributed by atoms with van der Waals surface area (Å²) in [5.74, 6) is -1.29. The Morgan fingerprint density at radius 2 is 1.48 bits per heavy atom. The molecule has 0 aliphatic carbocycles. The molecule has 0 spiro atoms. The average Bonchev–Trinajstić information content (AvgIpc) is 3.92. The summed E-state index contributed by atoms with van der Waals surface area (Å²) in [4.78, 5) is 0.206. The van der Waals surface area contributed by atoms with Crippen LogP contribution in [-0.2, 0) is 56.7 Å². The highest BCUT2D eigenvalue weighted by atomic mass is 32.2. The number of aliphatic hydroxyl groups is 1. The molecule has 3 heterocycles. The van der Waals surface area contributed by atoms with Crippen molar-refractivity contribution in [2.75, 3.05) is 38.9 Å². The van der Waals surface area contributed by atoms with Crippen LogP contribution in [0.4, 0.5) is 0 Å². The molecule has 3 fully saturated rings. The number of methoxy groups -OCH3 is 1. The molecule has 1 N–H and O–H groups in total. The molecule has 1 aromatic carbocycles. The molecular weight excluding hydrogens is 917 g/mol. The zero-order chi connectivity index (χ0) is 49.6. The van der Waals surface area contributed by atoms with Crippen molar-refractivity contribution in [2.24, 2.45) is 11.8 Å².